The van der Waals surface area contributed by atoms with Gasteiger partial charge in [0.2, 0.25) is 0 Å². The zero-order valence-corrected chi connectivity index (χ0v) is 18.2. The zero-order valence-electron chi connectivity index (χ0n) is 18.2. The summed E-state index contributed by atoms with van der Waals surface area (Å²) in [7, 11) is 0. The number of non-ortho nitro benzene ring substituents is 1. The molecule has 170 valence electrons. The number of nitro groups is 1. The minimum atomic E-state index is -0.418. The van der Waals surface area contributed by atoms with Crippen LogP contribution in [0.4, 0.5) is 11.4 Å². The van der Waals surface area contributed by atoms with Crippen LogP contribution in [0.25, 0.3) is 16.6 Å². The van der Waals surface area contributed by atoms with Gasteiger partial charge in [-0.25, -0.2) is 4.98 Å². The Balaban J connectivity index is 1.27. The molecule has 0 aliphatic carbocycles. The van der Waals surface area contributed by atoms with Crippen molar-refractivity contribution < 1.29 is 9.72 Å². The van der Waals surface area contributed by atoms with Gasteiger partial charge in [0.1, 0.15) is 6.33 Å². The molecule has 9 heteroatoms. The van der Waals surface area contributed by atoms with Crippen LogP contribution in [0.1, 0.15) is 10.4 Å². The number of hydrogen-bond donors (Lipinski definition) is 0. The number of carbonyl (C=O) groups excluding carboxylic acids is 1. The Morgan fingerprint density at radius 3 is 2.18 bits per heavy atom. The van der Waals surface area contributed by atoms with E-state index in [0.29, 0.717) is 48.3 Å². The first kappa shape index (κ1) is 21.3. The van der Waals surface area contributed by atoms with Crippen molar-refractivity contribution in [3.63, 3.8) is 0 Å². The van der Waals surface area contributed by atoms with Gasteiger partial charge in [0.05, 0.1) is 21.5 Å². The van der Waals surface area contributed by atoms with Crippen molar-refractivity contribution in [2.75, 3.05) is 31.1 Å². The second-order valence-electron chi connectivity index (χ2n) is 8.04. The van der Waals surface area contributed by atoms with Gasteiger partial charge in [-0.15, -0.1) is 0 Å². The molecule has 9 nitrogen and oxygen atoms in total. The van der Waals surface area contributed by atoms with E-state index in [1.165, 1.54) is 23.0 Å². The molecule has 1 fully saturated rings. The van der Waals surface area contributed by atoms with E-state index in [0.717, 1.165) is 5.69 Å². The summed E-state index contributed by atoms with van der Waals surface area (Å²) >= 11 is 0. The van der Waals surface area contributed by atoms with Crippen molar-refractivity contribution in [1.29, 1.82) is 0 Å². The Hall–Kier alpha value is -4.53. The molecule has 1 saturated heterocycles. The number of para-hydroxylation sites is 1. The second kappa shape index (κ2) is 8.78. The van der Waals surface area contributed by atoms with Gasteiger partial charge in [0.25, 0.3) is 17.2 Å². The highest BCUT2D eigenvalue weighted by Gasteiger charge is 2.23. The lowest BCUT2D eigenvalue weighted by Gasteiger charge is -2.36. The van der Waals surface area contributed by atoms with Crippen molar-refractivity contribution in [2.45, 2.75) is 0 Å². The van der Waals surface area contributed by atoms with Crippen molar-refractivity contribution in [3.8, 4) is 5.69 Å². The zero-order chi connectivity index (χ0) is 23.7. The maximum absolute atomic E-state index is 13.0. The van der Waals surface area contributed by atoms with Gasteiger partial charge in [-0.05, 0) is 48.5 Å². The number of nitro benzene ring substituents is 1. The number of piperazine rings is 1. The Bertz CT molecular complexity index is 1420. The van der Waals surface area contributed by atoms with Crippen LogP contribution in [0.5, 0.6) is 0 Å². The first-order valence-electron chi connectivity index (χ1n) is 10.9. The van der Waals surface area contributed by atoms with E-state index < -0.39 is 4.92 Å². The lowest BCUT2D eigenvalue weighted by atomic mass is 10.1. The van der Waals surface area contributed by atoms with E-state index in [2.05, 4.69) is 9.88 Å². The van der Waals surface area contributed by atoms with E-state index in [9.17, 15) is 19.7 Å². The molecule has 0 spiro atoms. The predicted octanol–water partition coefficient (Wildman–Crippen LogP) is 3.26. The molecule has 1 aromatic heterocycles. The third-order valence-electron chi connectivity index (χ3n) is 6.05. The van der Waals surface area contributed by atoms with Crippen molar-refractivity contribution in [1.82, 2.24) is 14.5 Å². The minimum Gasteiger partial charge on any atom is -0.368 e. The molecule has 1 aliphatic rings. The number of amides is 1. The summed E-state index contributed by atoms with van der Waals surface area (Å²) < 4.78 is 1.47. The van der Waals surface area contributed by atoms with Gasteiger partial charge in [0, 0.05) is 49.6 Å². The summed E-state index contributed by atoms with van der Waals surface area (Å²) in [6, 6.07) is 20.6. The highest BCUT2D eigenvalue weighted by molar-refractivity contribution is 5.94. The Labute approximate surface area is 194 Å². The van der Waals surface area contributed by atoms with Crippen LogP contribution in [0, 0.1) is 10.1 Å². The average molecular weight is 455 g/mol. The summed E-state index contributed by atoms with van der Waals surface area (Å²) in [5.74, 6) is -0.0705. The molecule has 4 aromatic rings. The van der Waals surface area contributed by atoms with Gasteiger partial charge < -0.3 is 9.80 Å². The number of hydrogen-bond acceptors (Lipinski definition) is 6. The summed E-state index contributed by atoms with van der Waals surface area (Å²) in [5, 5.41) is 11.4. The summed E-state index contributed by atoms with van der Waals surface area (Å²) in [5.41, 5.74) is 2.63. The first-order chi connectivity index (χ1) is 16.5. The summed E-state index contributed by atoms with van der Waals surface area (Å²) in [4.78, 5) is 44.5. The smallest absolute Gasteiger partial charge is 0.269 e. The highest BCUT2D eigenvalue weighted by atomic mass is 16.6. The maximum Gasteiger partial charge on any atom is 0.269 e. The van der Waals surface area contributed by atoms with Crippen molar-refractivity contribution in [3.05, 3.63) is 105 Å². The number of nitrogens with zero attached hydrogens (tertiary/aromatic N) is 5. The van der Waals surface area contributed by atoms with Gasteiger partial charge >= 0.3 is 0 Å². The molecule has 0 atom stereocenters. The maximum atomic E-state index is 13.0. The molecule has 3 aromatic carbocycles. The quantitative estimate of drug-likeness (QED) is 0.346. The molecule has 1 aliphatic heterocycles. The van der Waals surface area contributed by atoms with Crippen LogP contribution in [0.3, 0.4) is 0 Å². The molecule has 0 radical (unpaired) electrons. The molecule has 0 saturated carbocycles. The van der Waals surface area contributed by atoms with Crippen LogP contribution in [0.2, 0.25) is 0 Å². The molecule has 0 bridgehead atoms. The van der Waals surface area contributed by atoms with Gasteiger partial charge in [0.15, 0.2) is 0 Å². The molecule has 0 N–H and O–H groups in total. The lowest BCUT2D eigenvalue weighted by Crippen LogP contribution is -2.48. The topological polar surface area (TPSA) is 102 Å². The third kappa shape index (κ3) is 3.99. The normalized spacial score (nSPS) is 13.8. The van der Waals surface area contributed by atoms with Crippen LogP contribution in [-0.4, -0.2) is 51.5 Å². The monoisotopic (exact) mass is 455 g/mol. The predicted molar refractivity (Wildman–Crippen MR) is 129 cm³/mol. The molecule has 0 unspecified atom stereocenters. The molecule has 5 rings (SSSR count). The largest absolute Gasteiger partial charge is 0.368 e. The molecular weight excluding hydrogens is 434 g/mol. The van der Waals surface area contributed by atoms with Gasteiger partial charge in [-0.2, -0.15) is 0 Å². The van der Waals surface area contributed by atoms with Crippen LogP contribution < -0.4 is 10.5 Å². The first-order valence-corrected chi connectivity index (χ1v) is 10.9. The van der Waals surface area contributed by atoms with E-state index in [1.54, 1.807) is 59.5 Å². The van der Waals surface area contributed by atoms with E-state index in [1.807, 2.05) is 6.07 Å². The van der Waals surface area contributed by atoms with Crippen molar-refractivity contribution >= 4 is 28.2 Å². The minimum absolute atomic E-state index is 0.0581. The fraction of sp³-hybridized carbons (Fsp3) is 0.160. The summed E-state index contributed by atoms with van der Waals surface area (Å²) in [6.07, 6.45) is 1.50. The molecule has 2 heterocycles. The number of carbonyl (C=O) groups is 1. The number of benzene rings is 3. The fourth-order valence-corrected chi connectivity index (χ4v) is 4.15. The van der Waals surface area contributed by atoms with Crippen LogP contribution in [-0.2, 0) is 0 Å². The van der Waals surface area contributed by atoms with E-state index in [-0.39, 0.29) is 17.2 Å². The second-order valence-corrected chi connectivity index (χ2v) is 8.04. The Kier molecular flexibility index (Phi) is 5.51. The SMILES string of the molecule is O=C(c1ccc(-n2cnc3ccccc3c2=O)cc1)N1CCN(c2ccc([N+](=O)[O-])cc2)CC1. The summed E-state index contributed by atoms with van der Waals surface area (Å²) in [6.45, 7) is 2.37. The highest BCUT2D eigenvalue weighted by Crippen LogP contribution is 2.21. The fourth-order valence-electron chi connectivity index (χ4n) is 4.15. The third-order valence-corrected chi connectivity index (χ3v) is 6.05. The number of aromatic nitrogens is 2. The molecule has 1 amide bonds. The van der Waals surface area contributed by atoms with Crippen molar-refractivity contribution in [2.24, 2.45) is 0 Å². The van der Waals surface area contributed by atoms with Gasteiger partial charge in [-0.1, -0.05) is 12.1 Å². The van der Waals surface area contributed by atoms with E-state index >= 15 is 0 Å². The van der Waals surface area contributed by atoms with Crippen LogP contribution in [0.15, 0.2) is 83.9 Å². The molecule has 34 heavy (non-hydrogen) atoms. The number of rotatable bonds is 4. The van der Waals surface area contributed by atoms with Gasteiger partial charge in [-0.3, -0.25) is 24.3 Å². The number of anilines is 1. The average Bonchev–Trinajstić information content (AvgIpc) is 2.89. The standard InChI is InChI=1S/C25H21N5O4/c31-24(28-15-13-27(14-16-28)19-9-11-21(12-10-19)30(33)34)18-5-7-20(8-6-18)29-17-26-23-4-2-1-3-22(23)25(29)32/h1-12,17H,13-16H2. The Morgan fingerprint density at radius 2 is 1.50 bits per heavy atom. The van der Waals surface area contributed by atoms with Crippen LogP contribution >= 0.6 is 0 Å². The molecular formula is C25H21N5O4. The Morgan fingerprint density at radius 1 is 0.853 bits per heavy atom. The lowest BCUT2D eigenvalue weighted by molar-refractivity contribution is -0.384. The van der Waals surface area contributed by atoms with E-state index in [4.69, 9.17) is 0 Å². The number of fused-ring (bicyclic) bond motifs is 1.